The number of nitrogens with zero attached hydrogens (tertiary/aromatic N) is 1. The van der Waals surface area contributed by atoms with E-state index in [1.54, 1.807) is 48.5 Å². The molecule has 35 heavy (non-hydrogen) atoms. The van der Waals surface area contributed by atoms with E-state index in [2.05, 4.69) is 5.32 Å². The van der Waals surface area contributed by atoms with E-state index in [1.807, 2.05) is 30.3 Å². The molecule has 0 unspecified atom stereocenters. The predicted molar refractivity (Wildman–Crippen MR) is 127 cm³/mol. The minimum Gasteiger partial charge on any atom is -0.489 e. The number of anilines is 1. The first kappa shape index (κ1) is 23.2. The van der Waals surface area contributed by atoms with Crippen molar-refractivity contribution >= 4 is 35.5 Å². The number of benzene rings is 3. The fourth-order valence-corrected chi connectivity index (χ4v) is 3.36. The molecular formula is C26H21N3O6. The Balaban J connectivity index is 1.55. The lowest BCUT2D eigenvalue weighted by molar-refractivity contribution is -0.123. The molecule has 1 fully saturated rings. The van der Waals surface area contributed by atoms with Gasteiger partial charge in [0.15, 0.2) is 6.61 Å². The van der Waals surface area contributed by atoms with Crippen LogP contribution in [0.25, 0.3) is 6.08 Å². The average Bonchev–Trinajstić information content (AvgIpc) is 2.86. The van der Waals surface area contributed by atoms with Crippen LogP contribution in [-0.2, 0) is 21.0 Å². The van der Waals surface area contributed by atoms with Gasteiger partial charge in [-0.25, -0.2) is 9.69 Å². The van der Waals surface area contributed by atoms with Gasteiger partial charge in [0.2, 0.25) is 0 Å². The molecule has 1 saturated heterocycles. The van der Waals surface area contributed by atoms with Crippen molar-refractivity contribution in [2.45, 2.75) is 6.61 Å². The monoisotopic (exact) mass is 471 g/mol. The van der Waals surface area contributed by atoms with Crippen molar-refractivity contribution in [1.82, 2.24) is 5.32 Å². The standard InChI is InChI=1S/C26H21N3O6/c27-23(30)16-35-22-9-5-4-8-18(22)14-21-24(31)28-26(33)29(25(21)32)19-10-12-20(13-11-19)34-15-17-6-2-1-3-7-17/h1-14H,15-16H2,(H2,27,30)(H,28,31,33)/b21-14+. The molecule has 3 aromatic carbocycles. The zero-order chi connectivity index (χ0) is 24.8. The summed E-state index contributed by atoms with van der Waals surface area (Å²) in [6.07, 6.45) is 1.30. The van der Waals surface area contributed by atoms with Gasteiger partial charge >= 0.3 is 6.03 Å². The zero-order valence-corrected chi connectivity index (χ0v) is 18.5. The number of barbiturate groups is 1. The number of hydrogen-bond donors (Lipinski definition) is 2. The number of hydrogen-bond acceptors (Lipinski definition) is 6. The summed E-state index contributed by atoms with van der Waals surface area (Å²) in [6.45, 7) is -0.00836. The molecule has 3 N–H and O–H groups in total. The Kier molecular flexibility index (Phi) is 6.87. The highest BCUT2D eigenvalue weighted by Crippen LogP contribution is 2.27. The largest absolute Gasteiger partial charge is 0.489 e. The van der Waals surface area contributed by atoms with Crippen molar-refractivity contribution in [1.29, 1.82) is 0 Å². The van der Waals surface area contributed by atoms with Gasteiger partial charge in [0, 0.05) is 5.56 Å². The first-order valence-electron chi connectivity index (χ1n) is 10.6. The van der Waals surface area contributed by atoms with E-state index in [-0.39, 0.29) is 23.6 Å². The van der Waals surface area contributed by atoms with Crippen LogP contribution >= 0.6 is 0 Å². The summed E-state index contributed by atoms with van der Waals surface area (Å²) >= 11 is 0. The average molecular weight is 471 g/mol. The van der Waals surface area contributed by atoms with Crippen LogP contribution in [0.5, 0.6) is 11.5 Å². The second-order valence-electron chi connectivity index (χ2n) is 7.52. The fraction of sp³-hybridized carbons (Fsp3) is 0.0769. The van der Waals surface area contributed by atoms with Gasteiger partial charge in [-0.05, 0) is 42.0 Å². The minimum absolute atomic E-state index is 0.253. The SMILES string of the molecule is NC(=O)COc1ccccc1/C=C1\C(=O)NC(=O)N(c2ccc(OCc3ccccc3)cc2)C1=O. The summed E-state index contributed by atoms with van der Waals surface area (Å²) in [5.74, 6) is -1.52. The van der Waals surface area contributed by atoms with Crippen LogP contribution in [0.1, 0.15) is 11.1 Å². The molecule has 0 saturated carbocycles. The van der Waals surface area contributed by atoms with E-state index in [4.69, 9.17) is 15.2 Å². The summed E-state index contributed by atoms with van der Waals surface area (Å²) in [5.41, 5.74) is 6.47. The summed E-state index contributed by atoms with van der Waals surface area (Å²) in [4.78, 5) is 50.0. The number of nitrogens with two attached hydrogens (primary N) is 1. The van der Waals surface area contributed by atoms with E-state index in [0.29, 0.717) is 17.9 Å². The van der Waals surface area contributed by atoms with Crippen molar-refractivity contribution in [2.75, 3.05) is 11.5 Å². The van der Waals surface area contributed by atoms with Gasteiger partial charge in [-0.15, -0.1) is 0 Å². The highest BCUT2D eigenvalue weighted by Gasteiger charge is 2.37. The normalized spacial score (nSPS) is 14.6. The molecule has 1 aliphatic heterocycles. The number of carbonyl (C=O) groups is 4. The number of primary amides is 1. The Morgan fingerprint density at radius 1 is 0.886 bits per heavy atom. The second kappa shape index (κ2) is 10.3. The van der Waals surface area contributed by atoms with Crippen LogP contribution in [0, 0.1) is 0 Å². The van der Waals surface area contributed by atoms with Crippen molar-refractivity contribution in [3.8, 4) is 11.5 Å². The van der Waals surface area contributed by atoms with Gasteiger partial charge in [-0.1, -0.05) is 48.5 Å². The second-order valence-corrected chi connectivity index (χ2v) is 7.52. The first-order valence-corrected chi connectivity index (χ1v) is 10.6. The van der Waals surface area contributed by atoms with E-state index in [9.17, 15) is 19.2 Å². The van der Waals surface area contributed by atoms with Crippen LogP contribution in [0.15, 0.2) is 84.4 Å². The third-order valence-electron chi connectivity index (χ3n) is 5.03. The molecule has 3 aromatic rings. The van der Waals surface area contributed by atoms with Gasteiger partial charge in [-0.2, -0.15) is 0 Å². The number of imide groups is 2. The van der Waals surface area contributed by atoms with Crippen LogP contribution in [0.2, 0.25) is 0 Å². The molecule has 5 amide bonds. The molecule has 0 aliphatic carbocycles. The molecule has 0 aromatic heterocycles. The smallest absolute Gasteiger partial charge is 0.335 e. The van der Waals surface area contributed by atoms with Crippen LogP contribution < -0.4 is 25.4 Å². The van der Waals surface area contributed by atoms with Crippen LogP contribution in [0.4, 0.5) is 10.5 Å². The number of para-hydroxylation sites is 1. The predicted octanol–water partition coefficient (Wildman–Crippen LogP) is 2.80. The van der Waals surface area contributed by atoms with Crippen molar-refractivity contribution in [2.24, 2.45) is 5.73 Å². The third kappa shape index (κ3) is 5.53. The molecule has 0 spiro atoms. The summed E-state index contributed by atoms with van der Waals surface area (Å²) in [5, 5.41) is 2.17. The zero-order valence-electron chi connectivity index (χ0n) is 18.5. The Labute approximate surface area is 200 Å². The molecular weight excluding hydrogens is 450 g/mol. The third-order valence-corrected chi connectivity index (χ3v) is 5.03. The molecule has 1 aliphatic rings. The molecule has 4 rings (SSSR count). The molecule has 9 heteroatoms. The molecule has 176 valence electrons. The van der Waals surface area contributed by atoms with Crippen molar-refractivity contribution < 1.29 is 28.7 Å². The molecule has 1 heterocycles. The lowest BCUT2D eigenvalue weighted by Gasteiger charge is -2.26. The Hall–Kier alpha value is -4.92. The molecule has 0 radical (unpaired) electrons. The molecule has 0 atom stereocenters. The van der Waals surface area contributed by atoms with E-state index in [0.717, 1.165) is 10.5 Å². The minimum atomic E-state index is -0.867. The molecule has 0 bridgehead atoms. The summed E-state index contributed by atoms with van der Waals surface area (Å²) < 4.78 is 11.1. The van der Waals surface area contributed by atoms with Gasteiger partial charge in [-0.3, -0.25) is 19.7 Å². The van der Waals surface area contributed by atoms with Crippen molar-refractivity contribution in [3.05, 3.63) is 95.6 Å². The first-order chi connectivity index (χ1) is 16.9. The molecule has 9 nitrogen and oxygen atoms in total. The maximum Gasteiger partial charge on any atom is 0.335 e. The lowest BCUT2D eigenvalue weighted by Crippen LogP contribution is -2.54. The quantitative estimate of drug-likeness (QED) is 0.384. The fourth-order valence-electron chi connectivity index (χ4n) is 3.36. The van der Waals surface area contributed by atoms with Crippen LogP contribution in [0.3, 0.4) is 0 Å². The number of carbonyl (C=O) groups excluding carboxylic acids is 4. The van der Waals surface area contributed by atoms with Gasteiger partial charge in [0.1, 0.15) is 23.7 Å². The Morgan fingerprint density at radius 3 is 2.29 bits per heavy atom. The van der Waals surface area contributed by atoms with Crippen molar-refractivity contribution in [3.63, 3.8) is 0 Å². The Morgan fingerprint density at radius 2 is 1.57 bits per heavy atom. The highest BCUT2D eigenvalue weighted by molar-refractivity contribution is 6.39. The number of ether oxygens (including phenoxy) is 2. The number of nitrogens with one attached hydrogen (secondary N) is 1. The summed E-state index contributed by atoms with van der Waals surface area (Å²) in [6, 6.07) is 21.6. The number of urea groups is 1. The van der Waals surface area contributed by atoms with Gasteiger partial charge in [0.05, 0.1) is 5.69 Å². The Bertz CT molecular complexity index is 1300. The van der Waals surface area contributed by atoms with E-state index in [1.165, 1.54) is 6.08 Å². The van der Waals surface area contributed by atoms with E-state index >= 15 is 0 Å². The maximum absolute atomic E-state index is 13.2. The topological polar surface area (TPSA) is 128 Å². The summed E-state index contributed by atoms with van der Waals surface area (Å²) in [7, 11) is 0. The van der Waals surface area contributed by atoms with E-state index < -0.39 is 23.8 Å². The lowest BCUT2D eigenvalue weighted by atomic mass is 10.1. The highest BCUT2D eigenvalue weighted by atomic mass is 16.5. The number of amides is 5. The van der Waals surface area contributed by atoms with Crippen LogP contribution in [-0.4, -0.2) is 30.4 Å². The maximum atomic E-state index is 13.2. The van der Waals surface area contributed by atoms with Gasteiger partial charge < -0.3 is 15.2 Å². The van der Waals surface area contributed by atoms with Gasteiger partial charge in [0.25, 0.3) is 17.7 Å². The number of rotatable bonds is 8.